The van der Waals surface area contributed by atoms with E-state index in [9.17, 15) is 19.2 Å². The van der Waals surface area contributed by atoms with E-state index in [-0.39, 0.29) is 12.3 Å². The van der Waals surface area contributed by atoms with Crippen molar-refractivity contribution in [2.24, 2.45) is 0 Å². The van der Waals surface area contributed by atoms with Gasteiger partial charge >= 0.3 is 12.1 Å². The summed E-state index contributed by atoms with van der Waals surface area (Å²) in [6.45, 7) is 4.00. The van der Waals surface area contributed by atoms with Crippen molar-refractivity contribution in [2.45, 2.75) is 38.5 Å². The Labute approximate surface area is 192 Å². The van der Waals surface area contributed by atoms with Gasteiger partial charge in [0.15, 0.2) is 5.54 Å². The summed E-state index contributed by atoms with van der Waals surface area (Å²) in [7, 11) is 1.21. The van der Waals surface area contributed by atoms with Crippen molar-refractivity contribution in [3.8, 4) is 0 Å². The van der Waals surface area contributed by atoms with E-state index >= 15 is 0 Å². The third-order valence-electron chi connectivity index (χ3n) is 4.75. The van der Waals surface area contributed by atoms with Gasteiger partial charge in [-0.3, -0.25) is 14.6 Å². The summed E-state index contributed by atoms with van der Waals surface area (Å²) in [6.07, 6.45) is 0.683. The number of nitrogens with zero attached hydrogens (tertiary/aromatic N) is 1. The SMILES string of the molecule is COC(=O)C(C)(C)NC(=O)[C@](C)(NC(=O)CNC(=O)OCc1ccccc1)c1ccccn1. The summed E-state index contributed by atoms with van der Waals surface area (Å²) in [6, 6.07) is 13.9. The van der Waals surface area contributed by atoms with E-state index < -0.39 is 41.5 Å². The lowest BCUT2D eigenvalue weighted by atomic mass is 9.93. The number of methoxy groups -OCH3 is 1. The molecule has 0 spiro atoms. The highest BCUT2D eigenvalue weighted by atomic mass is 16.5. The lowest BCUT2D eigenvalue weighted by Gasteiger charge is -2.33. The van der Waals surface area contributed by atoms with Crippen LogP contribution in [-0.2, 0) is 36.0 Å². The van der Waals surface area contributed by atoms with Gasteiger partial charge in [0.1, 0.15) is 18.7 Å². The Morgan fingerprint density at radius 3 is 2.21 bits per heavy atom. The van der Waals surface area contributed by atoms with Crippen molar-refractivity contribution in [1.82, 2.24) is 20.9 Å². The molecule has 0 radical (unpaired) electrons. The van der Waals surface area contributed by atoms with Gasteiger partial charge in [-0.1, -0.05) is 36.4 Å². The van der Waals surface area contributed by atoms with Gasteiger partial charge in [0.05, 0.1) is 12.8 Å². The number of aromatic nitrogens is 1. The topological polar surface area (TPSA) is 136 Å². The van der Waals surface area contributed by atoms with Gasteiger partial charge in [-0.25, -0.2) is 9.59 Å². The van der Waals surface area contributed by atoms with Crippen molar-refractivity contribution < 1.29 is 28.7 Å². The monoisotopic (exact) mass is 456 g/mol. The summed E-state index contributed by atoms with van der Waals surface area (Å²) in [5, 5.41) is 7.50. The van der Waals surface area contributed by atoms with Crippen LogP contribution in [-0.4, -0.2) is 48.1 Å². The Bertz CT molecular complexity index is 981. The number of amides is 3. The number of carbonyl (C=O) groups excluding carboxylic acids is 4. The molecule has 0 bridgehead atoms. The number of carbonyl (C=O) groups is 4. The first-order valence-corrected chi connectivity index (χ1v) is 10.2. The largest absolute Gasteiger partial charge is 0.467 e. The van der Waals surface area contributed by atoms with E-state index in [0.717, 1.165) is 5.56 Å². The van der Waals surface area contributed by atoms with E-state index in [2.05, 4.69) is 20.9 Å². The van der Waals surface area contributed by atoms with Gasteiger partial charge < -0.3 is 25.4 Å². The molecule has 0 saturated heterocycles. The minimum Gasteiger partial charge on any atom is -0.467 e. The average molecular weight is 456 g/mol. The first kappa shape index (κ1) is 25.3. The summed E-state index contributed by atoms with van der Waals surface area (Å²) < 4.78 is 9.79. The molecule has 1 aromatic heterocycles. The van der Waals surface area contributed by atoms with Crippen LogP contribution in [0.5, 0.6) is 0 Å². The Morgan fingerprint density at radius 1 is 0.939 bits per heavy atom. The maximum atomic E-state index is 13.1. The number of alkyl carbamates (subject to hydrolysis) is 1. The number of ether oxygens (including phenoxy) is 2. The molecule has 10 nitrogen and oxygen atoms in total. The number of rotatable bonds is 9. The Morgan fingerprint density at radius 2 is 1.61 bits per heavy atom. The molecule has 0 aliphatic heterocycles. The van der Waals surface area contributed by atoms with Crippen LogP contribution in [0.4, 0.5) is 4.79 Å². The molecule has 3 N–H and O–H groups in total. The van der Waals surface area contributed by atoms with E-state index in [1.54, 1.807) is 30.3 Å². The van der Waals surface area contributed by atoms with Gasteiger partial charge in [0.2, 0.25) is 5.91 Å². The zero-order valence-electron chi connectivity index (χ0n) is 19.0. The Kier molecular flexibility index (Phi) is 8.49. The molecule has 0 fully saturated rings. The van der Waals surface area contributed by atoms with Crippen molar-refractivity contribution in [3.63, 3.8) is 0 Å². The van der Waals surface area contributed by atoms with E-state index in [1.807, 2.05) is 18.2 Å². The highest BCUT2D eigenvalue weighted by Gasteiger charge is 2.42. The molecule has 0 saturated carbocycles. The summed E-state index contributed by atoms with van der Waals surface area (Å²) in [5.74, 6) is -2.00. The number of hydrogen-bond donors (Lipinski definition) is 3. The highest BCUT2D eigenvalue weighted by Crippen LogP contribution is 2.20. The highest BCUT2D eigenvalue weighted by molar-refractivity contribution is 5.96. The molecular weight excluding hydrogens is 428 g/mol. The second kappa shape index (κ2) is 11.1. The van der Waals surface area contributed by atoms with Gasteiger partial charge in [0.25, 0.3) is 5.91 Å². The molecular formula is C23H28N4O6. The molecule has 0 unspecified atom stereocenters. The molecule has 1 atom stereocenters. The molecule has 2 rings (SSSR count). The molecule has 1 aromatic carbocycles. The zero-order valence-corrected chi connectivity index (χ0v) is 19.0. The van der Waals surface area contributed by atoms with Gasteiger partial charge in [-0.05, 0) is 38.5 Å². The fraction of sp³-hybridized carbons (Fsp3) is 0.348. The first-order valence-electron chi connectivity index (χ1n) is 10.2. The molecule has 3 amide bonds. The Balaban J connectivity index is 2.05. The summed E-state index contributed by atoms with van der Waals surface area (Å²) >= 11 is 0. The lowest BCUT2D eigenvalue weighted by Crippen LogP contribution is -2.61. The van der Waals surface area contributed by atoms with Crippen LogP contribution >= 0.6 is 0 Å². The van der Waals surface area contributed by atoms with E-state index in [1.165, 1.54) is 34.1 Å². The van der Waals surface area contributed by atoms with Crippen molar-refractivity contribution in [1.29, 1.82) is 0 Å². The molecule has 2 aromatic rings. The Hall–Kier alpha value is -3.95. The van der Waals surface area contributed by atoms with Crippen LogP contribution < -0.4 is 16.0 Å². The minimum atomic E-state index is -1.64. The van der Waals surface area contributed by atoms with Gasteiger partial charge in [0, 0.05) is 6.20 Å². The average Bonchev–Trinajstić information content (AvgIpc) is 2.81. The first-order chi connectivity index (χ1) is 15.6. The van der Waals surface area contributed by atoms with Gasteiger partial charge in [-0.2, -0.15) is 0 Å². The quantitative estimate of drug-likeness (QED) is 0.485. The van der Waals surface area contributed by atoms with Gasteiger partial charge in [-0.15, -0.1) is 0 Å². The third-order valence-corrected chi connectivity index (χ3v) is 4.75. The van der Waals surface area contributed by atoms with Crippen LogP contribution in [0, 0.1) is 0 Å². The number of benzene rings is 1. The minimum absolute atomic E-state index is 0.0466. The fourth-order valence-corrected chi connectivity index (χ4v) is 2.86. The van der Waals surface area contributed by atoms with Crippen molar-refractivity contribution in [3.05, 3.63) is 66.0 Å². The van der Waals surface area contributed by atoms with Crippen molar-refractivity contribution in [2.75, 3.05) is 13.7 Å². The number of pyridine rings is 1. The summed E-state index contributed by atoms with van der Waals surface area (Å²) in [4.78, 5) is 53.8. The maximum Gasteiger partial charge on any atom is 0.407 e. The molecule has 176 valence electrons. The summed E-state index contributed by atoms with van der Waals surface area (Å²) in [5.41, 5.74) is -1.96. The predicted molar refractivity (Wildman–Crippen MR) is 119 cm³/mol. The molecule has 0 aliphatic rings. The number of nitrogens with one attached hydrogen (secondary N) is 3. The zero-order chi connectivity index (χ0) is 24.5. The number of esters is 1. The molecule has 33 heavy (non-hydrogen) atoms. The second-order valence-electron chi connectivity index (χ2n) is 7.87. The third kappa shape index (κ3) is 7.03. The van der Waals surface area contributed by atoms with Crippen LogP contribution in [0.1, 0.15) is 32.0 Å². The predicted octanol–water partition coefficient (Wildman–Crippen LogP) is 1.41. The van der Waals surface area contributed by atoms with E-state index in [0.29, 0.717) is 0 Å². The van der Waals surface area contributed by atoms with Crippen LogP contribution in [0.15, 0.2) is 54.7 Å². The van der Waals surface area contributed by atoms with Crippen LogP contribution in [0.25, 0.3) is 0 Å². The maximum absolute atomic E-state index is 13.1. The second-order valence-corrected chi connectivity index (χ2v) is 7.87. The molecule has 0 aliphatic carbocycles. The van der Waals surface area contributed by atoms with Crippen LogP contribution in [0.2, 0.25) is 0 Å². The number of hydrogen-bond acceptors (Lipinski definition) is 7. The smallest absolute Gasteiger partial charge is 0.407 e. The molecule has 10 heteroatoms. The fourth-order valence-electron chi connectivity index (χ4n) is 2.86. The van der Waals surface area contributed by atoms with Crippen molar-refractivity contribution >= 4 is 23.9 Å². The lowest BCUT2D eigenvalue weighted by molar-refractivity contribution is -0.150. The normalized spacial score (nSPS) is 12.6. The molecule has 1 heterocycles. The van der Waals surface area contributed by atoms with Crippen LogP contribution in [0.3, 0.4) is 0 Å². The van der Waals surface area contributed by atoms with E-state index in [4.69, 9.17) is 9.47 Å². The standard InChI is InChI=1S/C23H28N4O6/c1-22(2,20(30)32-4)27-19(29)23(3,17-12-8-9-13-24-17)26-18(28)14-25-21(31)33-15-16-10-6-5-7-11-16/h5-13H,14-15H2,1-4H3,(H,25,31)(H,26,28)(H,27,29)/t23-/m1/s1.